The van der Waals surface area contributed by atoms with Crippen molar-refractivity contribution in [2.75, 3.05) is 0 Å². The molecule has 0 fully saturated rings. The van der Waals surface area contributed by atoms with Crippen LogP contribution in [0.4, 0.5) is 13.2 Å². The second-order valence-corrected chi connectivity index (χ2v) is 9.17. The highest BCUT2D eigenvalue weighted by Gasteiger charge is 2.55. The predicted molar refractivity (Wildman–Crippen MR) is 101 cm³/mol. The highest BCUT2D eigenvalue weighted by atomic mass is 35.5. The van der Waals surface area contributed by atoms with Gasteiger partial charge < -0.3 is 0 Å². The van der Waals surface area contributed by atoms with Gasteiger partial charge in [0.2, 0.25) is 15.9 Å². The first-order valence-electron chi connectivity index (χ1n) is 7.93. The Hall–Kier alpha value is -2.23. The number of sulfonamides is 1. The van der Waals surface area contributed by atoms with Gasteiger partial charge in [-0.3, -0.25) is 9.52 Å². The standard InChI is InChI=1S/C16H14ClF3N4O3S2/c1-3-5-15(8-16(18,19)20,29(26,27)24-11(25)4-2)12-13(17)23-14(28-12)10-6-21-9-22-7-10/h1,6-7,9H,4-5,8H2,2H3,(H,24,25). The fraction of sp³-hybridized carbons (Fsp3) is 0.375. The molecular formula is C16H14ClF3N4O3S2. The van der Waals surface area contributed by atoms with Crippen molar-refractivity contribution in [3.05, 3.63) is 28.8 Å². The number of nitrogens with one attached hydrogen (secondary N) is 1. The van der Waals surface area contributed by atoms with Crippen LogP contribution in [0.15, 0.2) is 18.7 Å². The van der Waals surface area contributed by atoms with E-state index in [1.165, 1.54) is 25.6 Å². The molecule has 1 unspecified atom stereocenters. The molecule has 2 aromatic heterocycles. The van der Waals surface area contributed by atoms with Gasteiger partial charge in [0.05, 0.1) is 11.3 Å². The molecular weight excluding hydrogens is 453 g/mol. The number of amides is 1. The molecule has 0 aliphatic rings. The van der Waals surface area contributed by atoms with Crippen LogP contribution in [0.3, 0.4) is 0 Å². The molecule has 0 radical (unpaired) electrons. The monoisotopic (exact) mass is 466 g/mol. The van der Waals surface area contributed by atoms with Gasteiger partial charge in [0, 0.05) is 30.8 Å². The summed E-state index contributed by atoms with van der Waals surface area (Å²) >= 11 is 6.68. The Kier molecular flexibility index (Phi) is 6.87. The number of carbonyl (C=O) groups excluding carboxylic acids is 1. The summed E-state index contributed by atoms with van der Waals surface area (Å²) in [4.78, 5) is 22.8. The number of terminal acetylenes is 1. The average Bonchev–Trinajstić information content (AvgIpc) is 3.02. The Bertz CT molecular complexity index is 1040. The van der Waals surface area contributed by atoms with Crippen LogP contribution in [0.1, 0.15) is 31.1 Å². The van der Waals surface area contributed by atoms with E-state index in [1.54, 1.807) is 4.72 Å². The molecule has 156 valence electrons. The Morgan fingerprint density at radius 3 is 2.48 bits per heavy atom. The minimum absolute atomic E-state index is 0.103. The van der Waals surface area contributed by atoms with Crippen LogP contribution >= 0.6 is 22.9 Å². The molecule has 13 heteroatoms. The summed E-state index contributed by atoms with van der Waals surface area (Å²) in [5.41, 5.74) is 0.322. The average molecular weight is 467 g/mol. The second kappa shape index (κ2) is 8.64. The lowest BCUT2D eigenvalue weighted by Gasteiger charge is -2.31. The van der Waals surface area contributed by atoms with Crippen LogP contribution in [-0.2, 0) is 19.6 Å². The molecule has 2 aromatic rings. The number of rotatable bonds is 7. The van der Waals surface area contributed by atoms with E-state index < -0.39 is 49.7 Å². The number of hydrogen-bond acceptors (Lipinski definition) is 7. The molecule has 0 aromatic carbocycles. The lowest BCUT2D eigenvalue weighted by molar-refractivity contribution is -0.142. The van der Waals surface area contributed by atoms with Crippen molar-refractivity contribution in [1.82, 2.24) is 19.7 Å². The highest BCUT2D eigenvalue weighted by Crippen LogP contribution is 2.49. The number of aromatic nitrogens is 3. The molecule has 29 heavy (non-hydrogen) atoms. The number of carbonyl (C=O) groups is 1. The first-order valence-corrected chi connectivity index (χ1v) is 10.6. The summed E-state index contributed by atoms with van der Waals surface area (Å²) in [6.45, 7) is 1.35. The van der Waals surface area contributed by atoms with Gasteiger partial charge in [0.25, 0.3) is 0 Å². The fourth-order valence-corrected chi connectivity index (χ4v) is 6.02. The van der Waals surface area contributed by atoms with Crippen LogP contribution in [0.2, 0.25) is 5.15 Å². The molecule has 7 nitrogen and oxygen atoms in total. The van der Waals surface area contributed by atoms with Crippen molar-refractivity contribution in [2.24, 2.45) is 0 Å². The molecule has 0 saturated heterocycles. The van der Waals surface area contributed by atoms with Crippen molar-refractivity contribution in [3.8, 4) is 22.9 Å². The van der Waals surface area contributed by atoms with E-state index in [1.807, 2.05) is 5.92 Å². The molecule has 0 spiro atoms. The van der Waals surface area contributed by atoms with Crippen LogP contribution < -0.4 is 4.72 Å². The molecule has 1 amide bonds. The van der Waals surface area contributed by atoms with Gasteiger partial charge in [0.15, 0.2) is 0 Å². The van der Waals surface area contributed by atoms with Crippen LogP contribution in [0.25, 0.3) is 10.6 Å². The van der Waals surface area contributed by atoms with Crippen molar-refractivity contribution in [1.29, 1.82) is 0 Å². The van der Waals surface area contributed by atoms with E-state index in [-0.39, 0.29) is 11.4 Å². The zero-order valence-electron chi connectivity index (χ0n) is 14.8. The quantitative estimate of drug-likeness (QED) is 0.628. The van der Waals surface area contributed by atoms with E-state index in [9.17, 15) is 26.4 Å². The molecule has 2 rings (SSSR count). The summed E-state index contributed by atoms with van der Waals surface area (Å²) in [6.07, 6.45) is 1.19. The number of halogens is 4. The topological polar surface area (TPSA) is 102 Å². The summed E-state index contributed by atoms with van der Waals surface area (Å²) in [7, 11) is -4.94. The molecule has 1 N–H and O–H groups in total. The van der Waals surface area contributed by atoms with E-state index in [0.717, 1.165) is 0 Å². The lowest BCUT2D eigenvalue weighted by Crippen LogP contribution is -2.48. The number of alkyl halides is 3. The minimum atomic E-state index is -4.94. The van der Waals surface area contributed by atoms with Gasteiger partial charge in [0.1, 0.15) is 21.2 Å². The minimum Gasteiger partial charge on any atom is -0.274 e. The third kappa shape index (κ3) is 5.04. The van der Waals surface area contributed by atoms with Gasteiger partial charge in [-0.25, -0.2) is 23.4 Å². The molecule has 1 atom stereocenters. The van der Waals surface area contributed by atoms with Gasteiger partial charge in [-0.15, -0.1) is 23.7 Å². The van der Waals surface area contributed by atoms with Crippen molar-refractivity contribution in [3.63, 3.8) is 0 Å². The Morgan fingerprint density at radius 1 is 1.34 bits per heavy atom. The number of hydrogen-bond donors (Lipinski definition) is 1. The zero-order valence-corrected chi connectivity index (χ0v) is 17.2. The maximum atomic E-state index is 13.4. The van der Waals surface area contributed by atoms with Gasteiger partial charge in [-0.05, 0) is 0 Å². The maximum absolute atomic E-state index is 13.4. The van der Waals surface area contributed by atoms with E-state index in [2.05, 4.69) is 15.0 Å². The van der Waals surface area contributed by atoms with Gasteiger partial charge >= 0.3 is 6.18 Å². The van der Waals surface area contributed by atoms with Crippen molar-refractivity contribution < 1.29 is 26.4 Å². The lowest BCUT2D eigenvalue weighted by atomic mass is 9.99. The Morgan fingerprint density at radius 2 is 1.97 bits per heavy atom. The highest BCUT2D eigenvalue weighted by molar-refractivity contribution is 7.91. The third-order valence-corrected chi connectivity index (χ3v) is 7.61. The van der Waals surface area contributed by atoms with Gasteiger partial charge in [-0.1, -0.05) is 18.5 Å². The molecule has 2 heterocycles. The SMILES string of the molecule is C#CCC(CC(F)(F)F)(c1sc(-c2cncnc2)nc1Cl)S(=O)(=O)NC(=O)CC. The first kappa shape index (κ1) is 23.1. The number of nitrogens with zero attached hydrogens (tertiary/aromatic N) is 3. The third-order valence-electron chi connectivity index (χ3n) is 3.76. The van der Waals surface area contributed by atoms with E-state index >= 15 is 0 Å². The number of thiazole rings is 1. The molecule has 0 aliphatic carbocycles. The second-order valence-electron chi connectivity index (χ2n) is 5.82. The summed E-state index contributed by atoms with van der Waals surface area (Å²) in [6, 6.07) is 0. The summed E-state index contributed by atoms with van der Waals surface area (Å²) < 4.78 is 65.2. The fourth-order valence-electron chi connectivity index (χ4n) is 2.46. The predicted octanol–water partition coefficient (Wildman–Crippen LogP) is 3.28. The van der Waals surface area contributed by atoms with Crippen LogP contribution in [0.5, 0.6) is 0 Å². The van der Waals surface area contributed by atoms with Gasteiger partial charge in [-0.2, -0.15) is 13.2 Å². The Labute approximate surface area is 173 Å². The first-order chi connectivity index (χ1) is 13.5. The van der Waals surface area contributed by atoms with Crippen LogP contribution in [0, 0.1) is 12.3 Å². The zero-order chi connectivity index (χ0) is 21.9. The van der Waals surface area contributed by atoms with Crippen molar-refractivity contribution >= 4 is 38.9 Å². The normalized spacial score (nSPS) is 14.1. The van der Waals surface area contributed by atoms with E-state index in [0.29, 0.717) is 16.9 Å². The smallest absolute Gasteiger partial charge is 0.274 e. The molecule has 0 aliphatic heterocycles. The van der Waals surface area contributed by atoms with Crippen LogP contribution in [-0.4, -0.2) is 35.5 Å². The largest absolute Gasteiger partial charge is 0.391 e. The van der Waals surface area contributed by atoms with Crippen molar-refractivity contribution in [2.45, 2.75) is 37.1 Å². The Balaban J connectivity index is 2.75. The molecule has 0 bridgehead atoms. The van der Waals surface area contributed by atoms with E-state index in [4.69, 9.17) is 18.0 Å². The summed E-state index contributed by atoms with van der Waals surface area (Å²) in [5.74, 6) is 0.988. The maximum Gasteiger partial charge on any atom is 0.391 e. The summed E-state index contributed by atoms with van der Waals surface area (Å²) in [5, 5.41) is -0.367. The molecule has 0 saturated carbocycles.